The van der Waals surface area contributed by atoms with Gasteiger partial charge in [0, 0.05) is 22.5 Å². The molecule has 2 N–H and O–H groups in total. The molecule has 3 rings (SSSR count). The van der Waals surface area contributed by atoms with E-state index in [9.17, 15) is 9.59 Å². The smallest absolute Gasteiger partial charge is 0.262 e. The molecule has 0 aliphatic carbocycles. The molecule has 182 valence electrons. The highest BCUT2D eigenvalue weighted by Crippen LogP contribution is 2.33. The lowest BCUT2D eigenvalue weighted by Crippen LogP contribution is -2.20. The fourth-order valence-corrected chi connectivity index (χ4v) is 3.44. The Hall–Kier alpha value is -4.46. The SMILES string of the molecule is C=CCc1cc(C(=O)Nc2cccc(NC(=O)COc3ccccc3OC)c2)cc(OC)c1OC. The van der Waals surface area contributed by atoms with Crippen LogP contribution in [0.2, 0.25) is 0 Å². The third-order valence-electron chi connectivity index (χ3n) is 5.01. The quantitative estimate of drug-likeness (QED) is 0.389. The molecule has 8 heteroatoms. The maximum Gasteiger partial charge on any atom is 0.262 e. The summed E-state index contributed by atoms with van der Waals surface area (Å²) in [6.07, 6.45) is 2.24. The first-order valence-corrected chi connectivity index (χ1v) is 10.8. The summed E-state index contributed by atoms with van der Waals surface area (Å²) in [6.45, 7) is 3.56. The molecular formula is C27H28N2O6. The minimum absolute atomic E-state index is 0.200. The second-order valence-corrected chi connectivity index (χ2v) is 7.39. The lowest BCUT2D eigenvalue weighted by Gasteiger charge is -2.15. The van der Waals surface area contributed by atoms with Crippen molar-refractivity contribution in [2.45, 2.75) is 6.42 Å². The number of carbonyl (C=O) groups is 2. The molecule has 0 spiro atoms. The first-order valence-electron chi connectivity index (χ1n) is 10.8. The Kier molecular flexibility index (Phi) is 8.72. The Labute approximate surface area is 204 Å². The van der Waals surface area contributed by atoms with Crippen molar-refractivity contribution in [2.24, 2.45) is 0 Å². The van der Waals surface area contributed by atoms with Crippen LogP contribution in [0.25, 0.3) is 0 Å². The number of nitrogens with one attached hydrogen (secondary N) is 2. The van der Waals surface area contributed by atoms with Crippen molar-refractivity contribution < 1.29 is 28.5 Å². The van der Waals surface area contributed by atoms with Crippen LogP contribution >= 0.6 is 0 Å². The van der Waals surface area contributed by atoms with Gasteiger partial charge in [0.05, 0.1) is 21.3 Å². The van der Waals surface area contributed by atoms with Gasteiger partial charge in [-0.25, -0.2) is 0 Å². The number of anilines is 2. The van der Waals surface area contributed by atoms with Gasteiger partial charge in [0.25, 0.3) is 11.8 Å². The lowest BCUT2D eigenvalue weighted by molar-refractivity contribution is -0.118. The second-order valence-electron chi connectivity index (χ2n) is 7.39. The van der Waals surface area contributed by atoms with Crippen LogP contribution < -0.4 is 29.6 Å². The topological polar surface area (TPSA) is 95.1 Å². The van der Waals surface area contributed by atoms with Crippen molar-refractivity contribution in [1.82, 2.24) is 0 Å². The third-order valence-corrected chi connectivity index (χ3v) is 5.01. The summed E-state index contributed by atoms with van der Waals surface area (Å²) in [6, 6.07) is 17.2. The summed E-state index contributed by atoms with van der Waals surface area (Å²) in [5.74, 6) is 1.33. The minimum atomic E-state index is -0.353. The number of hydrogen-bond donors (Lipinski definition) is 2. The van der Waals surface area contributed by atoms with Crippen LogP contribution in [0, 0.1) is 0 Å². The van der Waals surface area contributed by atoms with E-state index < -0.39 is 0 Å². The van der Waals surface area contributed by atoms with Gasteiger partial charge in [0.2, 0.25) is 0 Å². The summed E-state index contributed by atoms with van der Waals surface area (Å²) in [4.78, 5) is 25.3. The van der Waals surface area contributed by atoms with Gasteiger partial charge in [-0.05, 0) is 48.9 Å². The van der Waals surface area contributed by atoms with E-state index in [2.05, 4.69) is 17.2 Å². The molecule has 3 aromatic carbocycles. The van der Waals surface area contributed by atoms with E-state index in [-0.39, 0.29) is 18.4 Å². The molecule has 3 aromatic rings. The predicted molar refractivity (Wildman–Crippen MR) is 135 cm³/mol. The number of methoxy groups -OCH3 is 3. The molecule has 0 atom stereocenters. The molecule has 0 bridgehead atoms. The van der Waals surface area contributed by atoms with E-state index >= 15 is 0 Å². The Bertz CT molecular complexity index is 1210. The number of amides is 2. The average molecular weight is 477 g/mol. The van der Waals surface area contributed by atoms with Gasteiger partial charge in [-0.15, -0.1) is 6.58 Å². The summed E-state index contributed by atoms with van der Waals surface area (Å²) in [5, 5.41) is 5.60. The van der Waals surface area contributed by atoms with Crippen LogP contribution in [0.15, 0.2) is 73.3 Å². The molecule has 2 amide bonds. The Morgan fingerprint density at radius 3 is 2.17 bits per heavy atom. The first-order chi connectivity index (χ1) is 17.0. The lowest BCUT2D eigenvalue weighted by atomic mass is 10.0. The normalized spacial score (nSPS) is 10.1. The largest absolute Gasteiger partial charge is 0.493 e. The maximum absolute atomic E-state index is 12.9. The van der Waals surface area contributed by atoms with E-state index in [4.69, 9.17) is 18.9 Å². The molecule has 0 aromatic heterocycles. The molecule has 0 heterocycles. The summed E-state index contributed by atoms with van der Waals surface area (Å²) >= 11 is 0. The van der Waals surface area contributed by atoms with Crippen molar-refractivity contribution in [2.75, 3.05) is 38.6 Å². The zero-order valence-corrected chi connectivity index (χ0v) is 19.9. The van der Waals surface area contributed by atoms with Gasteiger partial charge in [-0.1, -0.05) is 24.3 Å². The second kappa shape index (κ2) is 12.1. The number of ether oxygens (including phenoxy) is 4. The van der Waals surface area contributed by atoms with Gasteiger partial charge in [-0.3, -0.25) is 9.59 Å². The standard InChI is InChI=1S/C27H28N2O6/c1-5-9-18-14-19(15-24(33-3)26(18)34-4)27(31)29-21-11-8-10-20(16-21)28-25(30)17-35-23-13-7-6-12-22(23)32-2/h5-8,10-16H,1,9,17H2,2-4H3,(H,28,30)(H,29,31). The number of allylic oxidation sites excluding steroid dienone is 1. The maximum atomic E-state index is 12.9. The highest BCUT2D eigenvalue weighted by atomic mass is 16.5. The van der Waals surface area contributed by atoms with Gasteiger partial charge >= 0.3 is 0 Å². The molecule has 35 heavy (non-hydrogen) atoms. The van der Waals surface area contributed by atoms with Crippen molar-refractivity contribution in [1.29, 1.82) is 0 Å². The summed E-state index contributed by atoms with van der Waals surface area (Å²) in [5.41, 5.74) is 2.21. The van der Waals surface area contributed by atoms with Crippen molar-refractivity contribution in [3.63, 3.8) is 0 Å². The molecular weight excluding hydrogens is 448 g/mol. The highest BCUT2D eigenvalue weighted by molar-refractivity contribution is 6.05. The van der Waals surface area contributed by atoms with Gasteiger partial charge in [0.15, 0.2) is 29.6 Å². The monoisotopic (exact) mass is 476 g/mol. The van der Waals surface area contributed by atoms with Crippen LogP contribution in [-0.4, -0.2) is 39.8 Å². The molecule has 0 saturated heterocycles. The van der Waals surface area contributed by atoms with E-state index in [0.717, 1.165) is 5.56 Å². The summed E-state index contributed by atoms with van der Waals surface area (Å²) < 4.78 is 21.6. The molecule has 0 aliphatic heterocycles. The van der Waals surface area contributed by atoms with E-state index in [1.54, 1.807) is 67.8 Å². The number of rotatable bonds is 11. The third kappa shape index (κ3) is 6.54. The summed E-state index contributed by atoms with van der Waals surface area (Å²) in [7, 11) is 4.59. The molecule has 0 aliphatic rings. The first kappa shape index (κ1) is 25.2. The number of hydrogen-bond acceptors (Lipinski definition) is 6. The van der Waals surface area contributed by atoms with Gasteiger partial charge in [0.1, 0.15) is 0 Å². The molecule has 8 nitrogen and oxygen atoms in total. The Morgan fingerprint density at radius 1 is 0.829 bits per heavy atom. The Morgan fingerprint density at radius 2 is 1.51 bits per heavy atom. The molecule has 0 saturated carbocycles. The van der Waals surface area contributed by atoms with Crippen LogP contribution in [0.4, 0.5) is 11.4 Å². The van der Waals surface area contributed by atoms with Gasteiger partial charge in [-0.2, -0.15) is 0 Å². The van der Waals surface area contributed by atoms with Crippen molar-refractivity contribution in [3.05, 3.63) is 84.4 Å². The fraction of sp³-hybridized carbons (Fsp3) is 0.185. The molecule has 0 unspecified atom stereocenters. The molecule has 0 radical (unpaired) electrons. The van der Waals surface area contributed by atoms with E-state index in [1.807, 2.05) is 6.07 Å². The van der Waals surface area contributed by atoms with Crippen LogP contribution in [-0.2, 0) is 11.2 Å². The number of benzene rings is 3. The molecule has 0 fully saturated rings. The zero-order valence-electron chi connectivity index (χ0n) is 19.9. The van der Waals surface area contributed by atoms with E-state index in [1.165, 1.54) is 14.2 Å². The van der Waals surface area contributed by atoms with Crippen molar-refractivity contribution in [3.8, 4) is 23.0 Å². The zero-order chi connectivity index (χ0) is 25.2. The van der Waals surface area contributed by atoms with Crippen LogP contribution in [0.3, 0.4) is 0 Å². The average Bonchev–Trinajstić information content (AvgIpc) is 2.87. The minimum Gasteiger partial charge on any atom is -0.493 e. The van der Waals surface area contributed by atoms with Crippen LogP contribution in [0.1, 0.15) is 15.9 Å². The van der Waals surface area contributed by atoms with Gasteiger partial charge < -0.3 is 29.6 Å². The van der Waals surface area contributed by atoms with E-state index in [0.29, 0.717) is 46.4 Å². The Balaban J connectivity index is 1.68. The highest BCUT2D eigenvalue weighted by Gasteiger charge is 2.16. The number of carbonyl (C=O) groups excluding carboxylic acids is 2. The predicted octanol–water partition coefficient (Wildman–Crippen LogP) is 4.71. The fourth-order valence-electron chi connectivity index (χ4n) is 3.44. The van der Waals surface area contributed by atoms with Crippen LogP contribution in [0.5, 0.6) is 23.0 Å². The van der Waals surface area contributed by atoms with Crippen molar-refractivity contribution >= 4 is 23.2 Å². The number of para-hydroxylation sites is 2.